The lowest BCUT2D eigenvalue weighted by Crippen LogP contribution is -2.12. The van der Waals surface area contributed by atoms with Crippen LogP contribution in [0.15, 0.2) is 71.8 Å². The lowest BCUT2D eigenvalue weighted by atomic mass is 10.1. The molecule has 0 aliphatic carbocycles. The first-order chi connectivity index (χ1) is 11.5. The van der Waals surface area contributed by atoms with Crippen molar-refractivity contribution >= 4 is 15.7 Å². The molecular formula is C18H16N2O3S. The molecule has 2 N–H and O–H groups in total. The molecule has 1 aromatic heterocycles. The van der Waals surface area contributed by atoms with Gasteiger partial charge in [-0.1, -0.05) is 29.8 Å². The van der Waals surface area contributed by atoms with E-state index >= 15 is 0 Å². The number of hydrogen-bond acceptors (Lipinski definition) is 4. The number of aromatic nitrogens is 1. The van der Waals surface area contributed by atoms with E-state index in [2.05, 4.69) is 9.71 Å². The van der Waals surface area contributed by atoms with Crippen LogP contribution in [0.2, 0.25) is 0 Å². The fraction of sp³-hybridized carbons (Fsp3) is 0.0556. The van der Waals surface area contributed by atoms with Crippen molar-refractivity contribution in [3.8, 4) is 17.0 Å². The van der Waals surface area contributed by atoms with Gasteiger partial charge in [0.15, 0.2) is 0 Å². The Kier molecular flexibility index (Phi) is 4.22. The van der Waals surface area contributed by atoms with Gasteiger partial charge in [0.05, 0.1) is 4.90 Å². The van der Waals surface area contributed by atoms with Gasteiger partial charge in [-0.2, -0.15) is 0 Å². The zero-order chi connectivity index (χ0) is 17.2. The molecule has 3 aromatic rings. The molecular weight excluding hydrogens is 324 g/mol. The summed E-state index contributed by atoms with van der Waals surface area (Å²) in [6.45, 7) is 1.90. The SMILES string of the molecule is Cc1ccc(S(=O)(=O)Nc2ccc(-c3ncccc3O)cc2)cc1. The molecule has 0 radical (unpaired) electrons. The smallest absolute Gasteiger partial charge is 0.261 e. The van der Waals surface area contributed by atoms with Crippen LogP contribution in [0.4, 0.5) is 5.69 Å². The van der Waals surface area contributed by atoms with E-state index in [0.717, 1.165) is 5.56 Å². The molecule has 24 heavy (non-hydrogen) atoms. The first-order valence-corrected chi connectivity index (χ1v) is 8.78. The molecule has 0 aliphatic rings. The standard InChI is InChI=1S/C18H16N2O3S/c1-13-4-10-16(11-5-13)24(22,23)20-15-8-6-14(7-9-15)18-17(21)3-2-12-19-18/h2-12,20-21H,1H3. The maximum Gasteiger partial charge on any atom is 0.261 e. The molecule has 0 bridgehead atoms. The summed E-state index contributed by atoms with van der Waals surface area (Å²) in [5, 5.41) is 9.82. The Hall–Kier alpha value is -2.86. The molecule has 6 heteroatoms. The van der Waals surface area contributed by atoms with Crippen molar-refractivity contribution in [3.63, 3.8) is 0 Å². The Morgan fingerprint density at radius 3 is 2.25 bits per heavy atom. The topological polar surface area (TPSA) is 79.3 Å². The number of benzene rings is 2. The number of nitrogens with zero attached hydrogens (tertiary/aromatic N) is 1. The van der Waals surface area contributed by atoms with Crippen molar-refractivity contribution in [2.24, 2.45) is 0 Å². The average Bonchev–Trinajstić information content (AvgIpc) is 2.56. The molecule has 0 saturated heterocycles. The Morgan fingerprint density at radius 2 is 1.62 bits per heavy atom. The van der Waals surface area contributed by atoms with E-state index < -0.39 is 10.0 Å². The predicted molar refractivity (Wildman–Crippen MR) is 93.3 cm³/mol. The number of rotatable bonds is 4. The van der Waals surface area contributed by atoms with E-state index in [1.54, 1.807) is 66.9 Å². The Labute approximate surface area is 140 Å². The molecule has 0 saturated carbocycles. The van der Waals surface area contributed by atoms with E-state index in [-0.39, 0.29) is 10.6 Å². The number of anilines is 1. The quantitative estimate of drug-likeness (QED) is 0.761. The second-order valence-corrected chi connectivity index (χ2v) is 7.05. The number of hydrogen-bond donors (Lipinski definition) is 2. The van der Waals surface area contributed by atoms with Crippen molar-refractivity contribution in [2.75, 3.05) is 4.72 Å². The maximum atomic E-state index is 12.4. The third-order valence-electron chi connectivity index (χ3n) is 3.53. The van der Waals surface area contributed by atoms with Gasteiger partial charge in [0.1, 0.15) is 11.4 Å². The van der Waals surface area contributed by atoms with Crippen LogP contribution in [0.5, 0.6) is 5.75 Å². The monoisotopic (exact) mass is 340 g/mol. The molecule has 5 nitrogen and oxygen atoms in total. The van der Waals surface area contributed by atoms with E-state index in [4.69, 9.17) is 0 Å². The summed E-state index contributed by atoms with van der Waals surface area (Å²) >= 11 is 0. The molecule has 122 valence electrons. The fourth-order valence-corrected chi connectivity index (χ4v) is 3.31. The first kappa shape index (κ1) is 16.0. The Balaban J connectivity index is 1.84. The summed E-state index contributed by atoms with van der Waals surface area (Å²) in [6.07, 6.45) is 1.59. The van der Waals surface area contributed by atoms with Crippen LogP contribution in [0.25, 0.3) is 11.3 Å². The molecule has 0 atom stereocenters. The second-order valence-electron chi connectivity index (χ2n) is 5.37. The van der Waals surface area contributed by atoms with Crippen molar-refractivity contribution in [1.29, 1.82) is 0 Å². The molecule has 0 aliphatic heterocycles. The van der Waals surface area contributed by atoms with Crippen molar-refractivity contribution < 1.29 is 13.5 Å². The summed E-state index contributed by atoms with van der Waals surface area (Å²) in [7, 11) is -3.63. The number of nitrogens with one attached hydrogen (secondary N) is 1. The van der Waals surface area contributed by atoms with Crippen LogP contribution in [0, 0.1) is 6.92 Å². The predicted octanol–water partition coefficient (Wildman–Crippen LogP) is 3.56. The van der Waals surface area contributed by atoms with Gasteiger partial charge in [-0.05, 0) is 43.3 Å². The summed E-state index contributed by atoms with van der Waals surface area (Å²) in [5.41, 5.74) is 2.58. The van der Waals surface area contributed by atoms with E-state index in [0.29, 0.717) is 16.9 Å². The largest absolute Gasteiger partial charge is 0.506 e. The molecule has 2 aromatic carbocycles. The summed E-state index contributed by atoms with van der Waals surface area (Å²) < 4.78 is 27.3. The number of sulfonamides is 1. The maximum absolute atomic E-state index is 12.4. The molecule has 0 unspecified atom stereocenters. The minimum atomic E-state index is -3.63. The van der Waals surface area contributed by atoms with Gasteiger partial charge in [-0.15, -0.1) is 0 Å². The number of aryl methyl sites for hydroxylation is 1. The molecule has 0 fully saturated rings. The Morgan fingerprint density at radius 1 is 0.958 bits per heavy atom. The van der Waals surface area contributed by atoms with Crippen LogP contribution in [-0.2, 0) is 10.0 Å². The van der Waals surface area contributed by atoms with Gasteiger partial charge in [0, 0.05) is 17.4 Å². The molecule has 0 amide bonds. The molecule has 0 spiro atoms. The van der Waals surface area contributed by atoms with Gasteiger partial charge in [-0.25, -0.2) is 8.42 Å². The first-order valence-electron chi connectivity index (χ1n) is 7.30. The van der Waals surface area contributed by atoms with E-state index in [1.165, 1.54) is 0 Å². The lowest BCUT2D eigenvalue weighted by Gasteiger charge is -2.09. The van der Waals surface area contributed by atoms with Crippen LogP contribution < -0.4 is 4.72 Å². The average molecular weight is 340 g/mol. The highest BCUT2D eigenvalue weighted by Crippen LogP contribution is 2.27. The second kappa shape index (κ2) is 6.33. The summed E-state index contributed by atoms with van der Waals surface area (Å²) in [6, 6.07) is 16.5. The molecule has 1 heterocycles. The van der Waals surface area contributed by atoms with Gasteiger partial charge < -0.3 is 5.11 Å². The highest BCUT2D eigenvalue weighted by Gasteiger charge is 2.14. The lowest BCUT2D eigenvalue weighted by molar-refractivity contribution is 0.475. The summed E-state index contributed by atoms with van der Waals surface area (Å²) in [5.74, 6) is 0.0745. The minimum absolute atomic E-state index is 0.0745. The van der Waals surface area contributed by atoms with Crippen LogP contribution in [-0.4, -0.2) is 18.5 Å². The highest BCUT2D eigenvalue weighted by atomic mass is 32.2. The third kappa shape index (κ3) is 3.38. The summed E-state index contributed by atoms with van der Waals surface area (Å²) in [4.78, 5) is 4.33. The Bertz CT molecular complexity index is 950. The number of pyridine rings is 1. The normalized spacial score (nSPS) is 11.2. The van der Waals surface area contributed by atoms with Crippen molar-refractivity contribution in [1.82, 2.24) is 4.98 Å². The molecule has 3 rings (SSSR count). The van der Waals surface area contributed by atoms with Gasteiger partial charge in [0.25, 0.3) is 10.0 Å². The fourth-order valence-electron chi connectivity index (χ4n) is 2.25. The van der Waals surface area contributed by atoms with E-state index in [9.17, 15) is 13.5 Å². The van der Waals surface area contributed by atoms with Gasteiger partial charge in [-0.3, -0.25) is 9.71 Å². The van der Waals surface area contributed by atoms with Crippen molar-refractivity contribution in [2.45, 2.75) is 11.8 Å². The van der Waals surface area contributed by atoms with Gasteiger partial charge in [0.2, 0.25) is 0 Å². The minimum Gasteiger partial charge on any atom is -0.506 e. The van der Waals surface area contributed by atoms with Crippen LogP contribution >= 0.6 is 0 Å². The van der Waals surface area contributed by atoms with Crippen LogP contribution in [0.1, 0.15) is 5.56 Å². The van der Waals surface area contributed by atoms with Gasteiger partial charge >= 0.3 is 0 Å². The third-order valence-corrected chi connectivity index (χ3v) is 4.93. The van der Waals surface area contributed by atoms with Crippen molar-refractivity contribution in [3.05, 3.63) is 72.4 Å². The zero-order valence-corrected chi connectivity index (χ0v) is 13.8. The number of aromatic hydroxyl groups is 1. The van der Waals surface area contributed by atoms with E-state index in [1.807, 2.05) is 6.92 Å². The zero-order valence-electron chi connectivity index (χ0n) is 13.0. The van der Waals surface area contributed by atoms with Crippen LogP contribution in [0.3, 0.4) is 0 Å². The highest BCUT2D eigenvalue weighted by molar-refractivity contribution is 7.92.